The van der Waals surface area contributed by atoms with Crippen molar-refractivity contribution in [2.24, 2.45) is 0 Å². The van der Waals surface area contributed by atoms with Gasteiger partial charge in [0.2, 0.25) is 5.89 Å². The molecule has 0 aliphatic heterocycles. The Balaban J connectivity index is 2.19. The van der Waals surface area contributed by atoms with E-state index in [2.05, 4.69) is 17.1 Å². The highest BCUT2D eigenvalue weighted by Gasteiger charge is 2.07. The van der Waals surface area contributed by atoms with E-state index in [9.17, 15) is 4.79 Å². The van der Waals surface area contributed by atoms with Crippen LogP contribution in [0.1, 0.15) is 30.6 Å². The Morgan fingerprint density at radius 2 is 2.29 bits per heavy atom. The second kappa shape index (κ2) is 4.95. The molecule has 0 fully saturated rings. The summed E-state index contributed by atoms with van der Waals surface area (Å²) >= 11 is 0. The van der Waals surface area contributed by atoms with E-state index in [0.29, 0.717) is 23.8 Å². The lowest BCUT2D eigenvalue weighted by Gasteiger charge is -2.01. The van der Waals surface area contributed by atoms with Gasteiger partial charge in [0, 0.05) is 18.2 Å². The van der Waals surface area contributed by atoms with Crippen molar-refractivity contribution < 1.29 is 4.52 Å². The summed E-state index contributed by atoms with van der Waals surface area (Å²) < 4.78 is 6.65. The largest absolute Gasteiger partial charge is 0.339 e. The summed E-state index contributed by atoms with van der Waals surface area (Å²) in [6.07, 6.45) is 3.47. The molecule has 0 saturated heterocycles. The van der Waals surface area contributed by atoms with Crippen molar-refractivity contribution in [2.75, 3.05) is 0 Å². The molecule has 0 amide bonds. The predicted molar refractivity (Wildman–Crippen MR) is 62.8 cm³/mol. The summed E-state index contributed by atoms with van der Waals surface area (Å²) in [5.74, 6) is 1.17. The van der Waals surface area contributed by atoms with E-state index in [1.165, 1.54) is 0 Å². The first-order valence-electron chi connectivity index (χ1n) is 5.68. The molecule has 0 aliphatic carbocycles. The average Bonchev–Trinajstić information content (AvgIpc) is 2.73. The molecule has 0 N–H and O–H groups in total. The van der Waals surface area contributed by atoms with Gasteiger partial charge in [-0.2, -0.15) is 4.98 Å². The molecule has 90 valence electrons. The van der Waals surface area contributed by atoms with Crippen molar-refractivity contribution in [1.29, 1.82) is 0 Å². The minimum Gasteiger partial charge on any atom is -0.339 e. The Morgan fingerprint density at radius 3 is 3.06 bits per heavy atom. The maximum Gasteiger partial charge on any atom is 0.253 e. The van der Waals surface area contributed by atoms with Gasteiger partial charge in [-0.15, -0.1) is 0 Å². The van der Waals surface area contributed by atoms with E-state index in [1.54, 1.807) is 23.8 Å². The fraction of sp³-hybridized carbons (Fsp3) is 0.417. The molecular weight excluding hydrogens is 218 g/mol. The first-order valence-corrected chi connectivity index (χ1v) is 5.68. The Morgan fingerprint density at radius 1 is 1.47 bits per heavy atom. The molecule has 0 unspecified atom stereocenters. The van der Waals surface area contributed by atoms with E-state index >= 15 is 0 Å². The van der Waals surface area contributed by atoms with Crippen molar-refractivity contribution in [3.63, 3.8) is 0 Å². The summed E-state index contributed by atoms with van der Waals surface area (Å²) in [7, 11) is 0. The summed E-state index contributed by atoms with van der Waals surface area (Å²) in [4.78, 5) is 16.0. The quantitative estimate of drug-likeness (QED) is 0.803. The zero-order valence-electron chi connectivity index (χ0n) is 10.0. The first-order chi connectivity index (χ1) is 8.20. The van der Waals surface area contributed by atoms with Gasteiger partial charge in [-0.1, -0.05) is 18.1 Å². The highest BCUT2D eigenvalue weighted by molar-refractivity contribution is 5.08. The van der Waals surface area contributed by atoms with Crippen LogP contribution in [0.2, 0.25) is 0 Å². The summed E-state index contributed by atoms with van der Waals surface area (Å²) in [5, 5.41) is 3.86. The number of pyridine rings is 1. The van der Waals surface area contributed by atoms with E-state index in [1.807, 2.05) is 6.07 Å². The molecule has 0 aliphatic rings. The standard InChI is InChI=1S/C12H15N3O2/c1-3-5-11-13-10(14-17-11)8-15-7-4-6-9(2)12(15)16/h4,6-7H,3,5,8H2,1-2H3. The predicted octanol–water partition coefficient (Wildman–Crippen LogP) is 1.54. The Kier molecular flexibility index (Phi) is 3.37. The third-order valence-electron chi connectivity index (χ3n) is 2.50. The van der Waals surface area contributed by atoms with E-state index in [0.717, 1.165) is 12.8 Å². The lowest BCUT2D eigenvalue weighted by molar-refractivity contribution is 0.371. The lowest BCUT2D eigenvalue weighted by atomic mass is 10.3. The van der Waals surface area contributed by atoms with Crippen LogP contribution < -0.4 is 5.56 Å². The Bertz CT molecular complexity index is 557. The van der Waals surface area contributed by atoms with Crippen LogP contribution in [0.5, 0.6) is 0 Å². The molecule has 2 rings (SSSR count). The van der Waals surface area contributed by atoms with Crippen molar-refractivity contribution in [3.8, 4) is 0 Å². The van der Waals surface area contributed by atoms with Gasteiger partial charge in [-0.25, -0.2) is 0 Å². The van der Waals surface area contributed by atoms with Gasteiger partial charge in [0.05, 0.1) is 6.54 Å². The third-order valence-corrected chi connectivity index (χ3v) is 2.50. The molecule has 0 bridgehead atoms. The minimum absolute atomic E-state index is 0.0191. The van der Waals surface area contributed by atoms with Gasteiger partial charge in [-0.05, 0) is 19.4 Å². The third kappa shape index (κ3) is 2.61. The van der Waals surface area contributed by atoms with Crippen LogP contribution >= 0.6 is 0 Å². The van der Waals surface area contributed by atoms with Crippen LogP contribution in [-0.2, 0) is 13.0 Å². The normalized spacial score (nSPS) is 10.7. The number of nitrogens with zero attached hydrogens (tertiary/aromatic N) is 3. The average molecular weight is 233 g/mol. The fourth-order valence-corrected chi connectivity index (χ4v) is 1.60. The zero-order valence-corrected chi connectivity index (χ0v) is 10.0. The Labute approximate surface area is 99.1 Å². The molecule has 2 aromatic heterocycles. The van der Waals surface area contributed by atoms with Gasteiger partial charge in [0.25, 0.3) is 5.56 Å². The van der Waals surface area contributed by atoms with Crippen LogP contribution in [0, 0.1) is 6.92 Å². The highest BCUT2D eigenvalue weighted by atomic mass is 16.5. The van der Waals surface area contributed by atoms with Gasteiger partial charge >= 0.3 is 0 Å². The molecule has 0 saturated carbocycles. The number of aryl methyl sites for hydroxylation is 2. The van der Waals surface area contributed by atoms with Crippen molar-refractivity contribution >= 4 is 0 Å². The monoisotopic (exact) mass is 233 g/mol. The van der Waals surface area contributed by atoms with Crippen molar-refractivity contribution in [3.05, 3.63) is 46.0 Å². The van der Waals surface area contributed by atoms with E-state index < -0.39 is 0 Å². The number of hydrogen-bond donors (Lipinski definition) is 0. The summed E-state index contributed by atoms with van der Waals surface area (Å²) in [5.41, 5.74) is 0.694. The van der Waals surface area contributed by atoms with E-state index in [4.69, 9.17) is 4.52 Å². The maximum absolute atomic E-state index is 11.8. The molecule has 0 aromatic carbocycles. The second-order valence-electron chi connectivity index (χ2n) is 3.98. The van der Waals surface area contributed by atoms with Crippen LogP contribution in [-0.4, -0.2) is 14.7 Å². The molecule has 17 heavy (non-hydrogen) atoms. The first kappa shape index (κ1) is 11.6. The van der Waals surface area contributed by atoms with Crippen molar-refractivity contribution in [1.82, 2.24) is 14.7 Å². The molecule has 5 nitrogen and oxygen atoms in total. The molecule has 0 radical (unpaired) electrons. The van der Waals surface area contributed by atoms with E-state index in [-0.39, 0.29) is 5.56 Å². The second-order valence-corrected chi connectivity index (χ2v) is 3.98. The smallest absolute Gasteiger partial charge is 0.253 e. The zero-order chi connectivity index (χ0) is 12.3. The molecule has 0 spiro atoms. The van der Waals surface area contributed by atoms with Gasteiger partial charge < -0.3 is 9.09 Å². The van der Waals surface area contributed by atoms with Crippen LogP contribution in [0.3, 0.4) is 0 Å². The molecule has 2 aromatic rings. The lowest BCUT2D eigenvalue weighted by Crippen LogP contribution is -2.22. The molecular formula is C12H15N3O2. The molecule has 5 heteroatoms. The Hall–Kier alpha value is -1.91. The SMILES string of the molecule is CCCc1nc(Cn2cccc(C)c2=O)no1. The minimum atomic E-state index is -0.0191. The van der Waals surface area contributed by atoms with Gasteiger partial charge in [0.1, 0.15) is 0 Å². The number of aromatic nitrogens is 3. The number of rotatable bonds is 4. The summed E-state index contributed by atoms with van der Waals surface area (Å²) in [6.45, 7) is 4.19. The van der Waals surface area contributed by atoms with Gasteiger partial charge in [0.15, 0.2) is 5.82 Å². The topological polar surface area (TPSA) is 60.9 Å². The van der Waals surface area contributed by atoms with Crippen LogP contribution in [0.15, 0.2) is 27.6 Å². The molecule has 0 atom stereocenters. The number of hydrogen-bond acceptors (Lipinski definition) is 4. The summed E-state index contributed by atoms with van der Waals surface area (Å²) in [6, 6.07) is 3.63. The maximum atomic E-state index is 11.8. The molecule has 2 heterocycles. The van der Waals surface area contributed by atoms with Crippen LogP contribution in [0.4, 0.5) is 0 Å². The van der Waals surface area contributed by atoms with Crippen molar-refractivity contribution in [2.45, 2.75) is 33.2 Å². The van der Waals surface area contributed by atoms with Gasteiger partial charge in [-0.3, -0.25) is 4.79 Å². The van der Waals surface area contributed by atoms with Crippen LogP contribution in [0.25, 0.3) is 0 Å². The highest BCUT2D eigenvalue weighted by Crippen LogP contribution is 2.02. The fourth-order valence-electron chi connectivity index (χ4n) is 1.60.